The highest BCUT2D eigenvalue weighted by Crippen LogP contribution is 2.15. The number of aromatic nitrogens is 1. The predicted octanol–water partition coefficient (Wildman–Crippen LogP) is 2.36. The summed E-state index contributed by atoms with van der Waals surface area (Å²) in [6.07, 6.45) is 4.58. The minimum atomic E-state index is 0.295. The van der Waals surface area contributed by atoms with Crippen molar-refractivity contribution in [2.45, 2.75) is 31.6 Å². The Balaban J connectivity index is 2.49. The van der Waals surface area contributed by atoms with Gasteiger partial charge >= 0.3 is 0 Å². The highest BCUT2D eigenvalue weighted by Gasteiger charge is 2.09. The lowest BCUT2D eigenvalue weighted by atomic mass is 10.1. The van der Waals surface area contributed by atoms with Crippen LogP contribution in [0.5, 0.6) is 0 Å². The van der Waals surface area contributed by atoms with E-state index in [2.05, 4.69) is 46.3 Å². The molecule has 0 spiro atoms. The molecule has 0 saturated carbocycles. The lowest BCUT2D eigenvalue weighted by molar-refractivity contribution is 0.574. The molecule has 0 aliphatic rings. The Kier molecular flexibility index (Phi) is 6.34. The number of pyridine rings is 1. The van der Waals surface area contributed by atoms with Gasteiger partial charge in [0.2, 0.25) is 0 Å². The molecule has 0 saturated heterocycles. The van der Waals surface area contributed by atoms with Gasteiger partial charge in [-0.15, -0.1) is 0 Å². The van der Waals surface area contributed by atoms with Crippen LogP contribution in [0.25, 0.3) is 0 Å². The molecule has 16 heavy (non-hydrogen) atoms. The minimum absolute atomic E-state index is 0.295. The average Bonchev–Trinajstić information content (AvgIpc) is 2.24. The van der Waals surface area contributed by atoms with E-state index in [0.717, 1.165) is 16.6 Å². The van der Waals surface area contributed by atoms with Crippen LogP contribution in [-0.2, 0) is 6.42 Å². The second-order valence-corrected chi connectivity index (χ2v) is 6.49. The number of nitrogens with zero attached hydrogens (tertiary/aromatic N) is 1. The standard InChI is InChI=1S/C11H18BrN3S/c1-8(2)16-7-11(15-13)4-9-3-10(12)6-14-5-9/h3,5-6,8,11,15H,4,7,13H2,1-2H3. The molecular formula is C11H18BrN3S. The zero-order valence-electron chi connectivity index (χ0n) is 9.61. The highest BCUT2D eigenvalue weighted by atomic mass is 79.9. The van der Waals surface area contributed by atoms with Crippen LogP contribution in [-0.4, -0.2) is 22.0 Å². The number of nitrogens with one attached hydrogen (secondary N) is 1. The molecule has 0 fully saturated rings. The van der Waals surface area contributed by atoms with E-state index in [4.69, 9.17) is 5.84 Å². The summed E-state index contributed by atoms with van der Waals surface area (Å²) in [7, 11) is 0. The summed E-state index contributed by atoms with van der Waals surface area (Å²) >= 11 is 5.33. The summed E-state index contributed by atoms with van der Waals surface area (Å²) in [5.74, 6) is 6.56. The normalized spacial score (nSPS) is 13.1. The van der Waals surface area contributed by atoms with E-state index >= 15 is 0 Å². The lowest BCUT2D eigenvalue weighted by Crippen LogP contribution is -2.39. The van der Waals surface area contributed by atoms with E-state index in [9.17, 15) is 0 Å². The van der Waals surface area contributed by atoms with Crippen molar-refractivity contribution >= 4 is 27.7 Å². The van der Waals surface area contributed by atoms with Crippen molar-refractivity contribution < 1.29 is 0 Å². The number of hydrogen-bond acceptors (Lipinski definition) is 4. The van der Waals surface area contributed by atoms with Crippen LogP contribution in [0.3, 0.4) is 0 Å². The SMILES string of the molecule is CC(C)SCC(Cc1cncc(Br)c1)NN. The van der Waals surface area contributed by atoms with Gasteiger partial charge in [-0.3, -0.25) is 16.3 Å². The first kappa shape index (κ1) is 14.0. The fourth-order valence-electron chi connectivity index (χ4n) is 1.33. The molecule has 1 aromatic heterocycles. The molecule has 3 N–H and O–H groups in total. The maximum Gasteiger partial charge on any atom is 0.0410 e. The van der Waals surface area contributed by atoms with Crippen LogP contribution in [0.1, 0.15) is 19.4 Å². The maximum atomic E-state index is 5.55. The predicted molar refractivity (Wildman–Crippen MR) is 74.3 cm³/mol. The Bertz CT molecular complexity index is 320. The van der Waals surface area contributed by atoms with Crippen LogP contribution in [0.4, 0.5) is 0 Å². The van der Waals surface area contributed by atoms with Crippen LogP contribution in [0.2, 0.25) is 0 Å². The summed E-state index contributed by atoms with van der Waals surface area (Å²) in [4.78, 5) is 4.14. The van der Waals surface area contributed by atoms with Crippen LogP contribution >= 0.6 is 27.7 Å². The van der Waals surface area contributed by atoms with E-state index in [-0.39, 0.29) is 0 Å². The van der Waals surface area contributed by atoms with Crippen LogP contribution in [0.15, 0.2) is 22.9 Å². The molecule has 1 unspecified atom stereocenters. The molecule has 0 aliphatic heterocycles. The molecule has 0 aliphatic carbocycles. The van der Waals surface area contributed by atoms with Crippen molar-refractivity contribution in [3.8, 4) is 0 Å². The molecule has 0 bridgehead atoms. The highest BCUT2D eigenvalue weighted by molar-refractivity contribution is 9.10. The van der Waals surface area contributed by atoms with Crippen molar-refractivity contribution in [3.05, 3.63) is 28.5 Å². The Morgan fingerprint density at radius 3 is 2.81 bits per heavy atom. The molecule has 90 valence electrons. The van der Waals surface area contributed by atoms with Gasteiger partial charge in [-0.1, -0.05) is 13.8 Å². The van der Waals surface area contributed by atoms with Crippen molar-refractivity contribution in [1.29, 1.82) is 0 Å². The molecule has 0 radical (unpaired) electrons. The Morgan fingerprint density at radius 1 is 1.50 bits per heavy atom. The van der Waals surface area contributed by atoms with Gasteiger partial charge < -0.3 is 0 Å². The Morgan fingerprint density at radius 2 is 2.25 bits per heavy atom. The van der Waals surface area contributed by atoms with Gasteiger partial charge in [0.25, 0.3) is 0 Å². The quantitative estimate of drug-likeness (QED) is 0.626. The monoisotopic (exact) mass is 303 g/mol. The fraction of sp³-hybridized carbons (Fsp3) is 0.545. The van der Waals surface area contributed by atoms with Crippen molar-refractivity contribution in [3.63, 3.8) is 0 Å². The van der Waals surface area contributed by atoms with Gasteiger partial charge in [0.15, 0.2) is 0 Å². The number of nitrogens with two attached hydrogens (primary N) is 1. The first-order valence-electron chi connectivity index (χ1n) is 5.29. The largest absolute Gasteiger partial charge is 0.271 e. The second kappa shape index (κ2) is 7.27. The second-order valence-electron chi connectivity index (χ2n) is 3.96. The zero-order chi connectivity index (χ0) is 12.0. The molecule has 1 rings (SSSR count). The number of hydrazine groups is 1. The summed E-state index contributed by atoms with van der Waals surface area (Å²) in [6.45, 7) is 4.39. The molecule has 1 aromatic rings. The molecule has 5 heteroatoms. The summed E-state index contributed by atoms with van der Waals surface area (Å²) in [6, 6.07) is 2.38. The number of thioether (sulfide) groups is 1. The average molecular weight is 304 g/mol. The number of halogens is 1. The van der Waals surface area contributed by atoms with E-state index < -0.39 is 0 Å². The number of rotatable bonds is 6. The maximum absolute atomic E-state index is 5.55. The third-order valence-electron chi connectivity index (χ3n) is 2.11. The Hall–Kier alpha value is -0.100. The third-order valence-corrected chi connectivity index (χ3v) is 3.81. The molecule has 1 atom stereocenters. The molecular weight excluding hydrogens is 286 g/mol. The zero-order valence-corrected chi connectivity index (χ0v) is 12.0. The minimum Gasteiger partial charge on any atom is -0.271 e. The van der Waals surface area contributed by atoms with Crippen LogP contribution < -0.4 is 11.3 Å². The Labute approximate surface area is 110 Å². The van der Waals surface area contributed by atoms with E-state index in [1.807, 2.05) is 18.0 Å². The lowest BCUT2D eigenvalue weighted by Gasteiger charge is -2.16. The molecule has 0 amide bonds. The van der Waals surface area contributed by atoms with E-state index in [1.165, 1.54) is 5.56 Å². The molecule has 3 nitrogen and oxygen atoms in total. The van der Waals surface area contributed by atoms with Gasteiger partial charge in [0, 0.05) is 28.7 Å². The van der Waals surface area contributed by atoms with Crippen LogP contribution in [0, 0.1) is 0 Å². The van der Waals surface area contributed by atoms with Gasteiger partial charge in [-0.05, 0) is 39.2 Å². The summed E-state index contributed by atoms with van der Waals surface area (Å²) in [5.41, 5.74) is 4.06. The first-order valence-corrected chi connectivity index (χ1v) is 7.13. The van der Waals surface area contributed by atoms with Crippen molar-refractivity contribution in [1.82, 2.24) is 10.4 Å². The topological polar surface area (TPSA) is 50.9 Å². The molecule has 1 heterocycles. The van der Waals surface area contributed by atoms with Crippen molar-refractivity contribution in [2.75, 3.05) is 5.75 Å². The van der Waals surface area contributed by atoms with E-state index in [1.54, 1.807) is 6.20 Å². The fourth-order valence-corrected chi connectivity index (χ4v) is 2.57. The van der Waals surface area contributed by atoms with Gasteiger partial charge in [-0.2, -0.15) is 11.8 Å². The number of hydrogen-bond donors (Lipinski definition) is 2. The van der Waals surface area contributed by atoms with Gasteiger partial charge in [-0.25, -0.2) is 0 Å². The van der Waals surface area contributed by atoms with Gasteiger partial charge in [0.1, 0.15) is 0 Å². The van der Waals surface area contributed by atoms with E-state index in [0.29, 0.717) is 11.3 Å². The van der Waals surface area contributed by atoms with Crippen molar-refractivity contribution in [2.24, 2.45) is 5.84 Å². The first-order chi connectivity index (χ1) is 7.61. The summed E-state index contributed by atoms with van der Waals surface area (Å²) < 4.78 is 1.01. The smallest absolute Gasteiger partial charge is 0.0410 e. The molecule has 0 aromatic carbocycles. The van der Waals surface area contributed by atoms with Gasteiger partial charge in [0.05, 0.1) is 0 Å². The summed E-state index contributed by atoms with van der Waals surface area (Å²) in [5, 5.41) is 0.636. The third kappa shape index (κ3) is 5.30.